The zero-order valence-corrected chi connectivity index (χ0v) is 17.2. The Morgan fingerprint density at radius 1 is 1.07 bits per heavy atom. The lowest BCUT2D eigenvalue weighted by Gasteiger charge is -2.32. The van der Waals surface area contributed by atoms with Crippen LogP contribution in [0.4, 0.5) is 8.78 Å². The quantitative estimate of drug-likeness (QED) is 0.574. The van der Waals surface area contributed by atoms with Gasteiger partial charge in [-0.2, -0.15) is 0 Å². The van der Waals surface area contributed by atoms with E-state index < -0.39 is 50.4 Å². The van der Waals surface area contributed by atoms with Crippen molar-refractivity contribution < 1.29 is 26.5 Å². The molecular formula is C19H22BF2NO4S. The Kier molecular flexibility index (Phi) is 5.14. The average molecular weight is 409 g/mol. The van der Waals surface area contributed by atoms with Crippen LogP contribution < -0.4 is 5.46 Å². The van der Waals surface area contributed by atoms with E-state index >= 15 is 0 Å². The Morgan fingerprint density at radius 3 is 2.25 bits per heavy atom. The van der Waals surface area contributed by atoms with Crippen LogP contribution in [-0.2, 0) is 24.9 Å². The van der Waals surface area contributed by atoms with Gasteiger partial charge in [-0.3, -0.25) is 4.98 Å². The molecule has 1 aliphatic heterocycles. The third-order valence-electron chi connectivity index (χ3n) is 5.31. The van der Waals surface area contributed by atoms with Crippen LogP contribution in [0.25, 0.3) is 0 Å². The minimum Gasteiger partial charge on any atom is -0.399 e. The maximum atomic E-state index is 14.0. The first-order valence-corrected chi connectivity index (χ1v) is 10.5. The fourth-order valence-electron chi connectivity index (χ4n) is 2.86. The van der Waals surface area contributed by atoms with Crippen LogP contribution in [0.3, 0.4) is 0 Å². The number of pyridine rings is 1. The summed E-state index contributed by atoms with van der Waals surface area (Å²) in [5.74, 6) is -2.42. The van der Waals surface area contributed by atoms with Crippen LogP contribution in [0, 0.1) is 18.6 Å². The van der Waals surface area contributed by atoms with E-state index in [2.05, 4.69) is 4.98 Å². The van der Waals surface area contributed by atoms with E-state index in [1.165, 1.54) is 0 Å². The van der Waals surface area contributed by atoms with Crippen molar-refractivity contribution in [2.24, 2.45) is 0 Å². The molecule has 1 aromatic carbocycles. The molecule has 1 aromatic heterocycles. The number of rotatable bonds is 4. The number of halogens is 2. The molecule has 1 saturated heterocycles. The van der Waals surface area contributed by atoms with E-state index in [-0.39, 0.29) is 0 Å². The fraction of sp³-hybridized carbons (Fsp3) is 0.421. The topological polar surface area (TPSA) is 65.5 Å². The van der Waals surface area contributed by atoms with Gasteiger partial charge in [0.2, 0.25) is 0 Å². The lowest BCUT2D eigenvalue weighted by atomic mass is 9.79. The Labute approximate surface area is 164 Å². The summed E-state index contributed by atoms with van der Waals surface area (Å²) >= 11 is 0. The van der Waals surface area contributed by atoms with Gasteiger partial charge in [-0.25, -0.2) is 17.2 Å². The maximum Gasteiger partial charge on any atom is 0.496 e. The van der Waals surface area contributed by atoms with Crippen molar-refractivity contribution in [1.29, 1.82) is 0 Å². The molecule has 28 heavy (non-hydrogen) atoms. The third-order valence-corrected chi connectivity index (χ3v) is 7.01. The van der Waals surface area contributed by atoms with Gasteiger partial charge in [0.1, 0.15) is 16.5 Å². The molecule has 3 rings (SSSR count). The lowest BCUT2D eigenvalue weighted by molar-refractivity contribution is 0.00578. The first-order valence-electron chi connectivity index (χ1n) is 8.81. The molecule has 1 fully saturated rings. The summed E-state index contributed by atoms with van der Waals surface area (Å²) < 4.78 is 64.4. The summed E-state index contributed by atoms with van der Waals surface area (Å²) in [6.07, 6.45) is 1.58. The summed E-state index contributed by atoms with van der Waals surface area (Å²) in [5, 5.41) is 0. The highest BCUT2D eigenvalue weighted by Crippen LogP contribution is 2.36. The maximum absolute atomic E-state index is 14.0. The van der Waals surface area contributed by atoms with Gasteiger partial charge in [0.25, 0.3) is 0 Å². The van der Waals surface area contributed by atoms with Crippen LogP contribution in [0.2, 0.25) is 0 Å². The second kappa shape index (κ2) is 6.90. The monoisotopic (exact) mass is 409 g/mol. The fourth-order valence-corrected chi connectivity index (χ4v) is 4.35. The third kappa shape index (κ3) is 3.83. The average Bonchev–Trinajstić information content (AvgIpc) is 2.77. The van der Waals surface area contributed by atoms with Crippen LogP contribution in [0.15, 0.2) is 35.4 Å². The summed E-state index contributed by atoms with van der Waals surface area (Å²) in [6, 6.07) is 4.05. The normalized spacial score (nSPS) is 18.5. The predicted molar refractivity (Wildman–Crippen MR) is 102 cm³/mol. The number of benzene rings is 1. The van der Waals surface area contributed by atoms with Crippen molar-refractivity contribution in [1.82, 2.24) is 4.98 Å². The zero-order valence-electron chi connectivity index (χ0n) is 16.4. The molecule has 2 heterocycles. The Balaban J connectivity index is 1.93. The molecule has 0 N–H and O–H groups in total. The van der Waals surface area contributed by atoms with Crippen LogP contribution in [0.5, 0.6) is 0 Å². The van der Waals surface area contributed by atoms with Gasteiger partial charge in [-0.1, -0.05) is 6.07 Å². The van der Waals surface area contributed by atoms with Gasteiger partial charge in [-0.15, -0.1) is 0 Å². The number of sulfone groups is 1. The van der Waals surface area contributed by atoms with E-state index in [1.807, 2.05) is 27.7 Å². The van der Waals surface area contributed by atoms with E-state index in [1.54, 1.807) is 19.2 Å². The Morgan fingerprint density at radius 2 is 1.68 bits per heavy atom. The molecule has 0 bridgehead atoms. The molecule has 150 valence electrons. The van der Waals surface area contributed by atoms with E-state index in [9.17, 15) is 17.2 Å². The molecule has 0 aliphatic carbocycles. The van der Waals surface area contributed by atoms with Crippen molar-refractivity contribution in [2.75, 3.05) is 0 Å². The highest BCUT2D eigenvalue weighted by molar-refractivity contribution is 7.90. The van der Waals surface area contributed by atoms with Crippen LogP contribution >= 0.6 is 0 Å². The van der Waals surface area contributed by atoms with Crippen LogP contribution in [-0.4, -0.2) is 31.7 Å². The molecule has 0 spiro atoms. The molecule has 0 atom stereocenters. The summed E-state index contributed by atoms with van der Waals surface area (Å²) in [6.45, 7) is 9.32. The highest BCUT2D eigenvalue weighted by Gasteiger charge is 2.51. The SMILES string of the molecule is Cc1ncc(B2OC(C)(C)C(C)(C)O2)cc1CS(=O)(=O)c1ccc(F)cc1F. The second-order valence-electron chi connectivity index (χ2n) is 7.94. The molecule has 9 heteroatoms. The van der Waals surface area contributed by atoms with E-state index in [0.29, 0.717) is 22.8 Å². The minimum absolute atomic E-state index is 0.399. The number of aromatic nitrogens is 1. The van der Waals surface area contributed by atoms with Crippen molar-refractivity contribution in [3.8, 4) is 0 Å². The standard InChI is InChI=1S/C19H22BF2NO4S/c1-12-13(11-28(24,25)17-7-6-15(21)9-16(17)22)8-14(10-23-12)20-26-18(2,3)19(4,5)27-20/h6-10H,11H2,1-5H3. The lowest BCUT2D eigenvalue weighted by Crippen LogP contribution is -2.41. The summed E-state index contributed by atoms with van der Waals surface area (Å²) in [4.78, 5) is 3.71. The number of hydrogen-bond donors (Lipinski definition) is 0. The summed E-state index contributed by atoms with van der Waals surface area (Å²) in [5.41, 5.74) is 0.370. The van der Waals surface area contributed by atoms with Gasteiger partial charge in [0.15, 0.2) is 9.84 Å². The Hall–Kier alpha value is -1.84. The van der Waals surface area contributed by atoms with Crippen molar-refractivity contribution in [3.05, 3.63) is 53.4 Å². The first-order chi connectivity index (χ1) is 12.8. The molecule has 0 saturated carbocycles. The summed E-state index contributed by atoms with van der Waals surface area (Å²) in [7, 11) is -4.73. The van der Waals surface area contributed by atoms with E-state index in [0.717, 1.165) is 12.1 Å². The molecule has 1 aliphatic rings. The van der Waals surface area contributed by atoms with Gasteiger partial charge in [-0.05, 0) is 52.3 Å². The Bertz CT molecular complexity index is 1010. The highest BCUT2D eigenvalue weighted by atomic mass is 32.2. The largest absolute Gasteiger partial charge is 0.496 e. The van der Waals surface area contributed by atoms with Gasteiger partial charge < -0.3 is 9.31 Å². The van der Waals surface area contributed by atoms with E-state index in [4.69, 9.17) is 9.31 Å². The first kappa shape index (κ1) is 20.9. The number of hydrogen-bond acceptors (Lipinski definition) is 5. The zero-order chi connectivity index (χ0) is 20.9. The number of nitrogens with zero attached hydrogens (tertiary/aromatic N) is 1. The van der Waals surface area contributed by atoms with Crippen molar-refractivity contribution in [2.45, 2.75) is 56.5 Å². The molecule has 5 nitrogen and oxygen atoms in total. The number of aryl methyl sites for hydroxylation is 1. The molecular weight excluding hydrogens is 387 g/mol. The second-order valence-corrected chi connectivity index (χ2v) is 9.89. The van der Waals surface area contributed by atoms with Gasteiger partial charge >= 0.3 is 7.12 Å². The minimum atomic E-state index is -4.03. The van der Waals surface area contributed by atoms with Gasteiger partial charge in [0, 0.05) is 23.4 Å². The van der Waals surface area contributed by atoms with Crippen molar-refractivity contribution >= 4 is 22.4 Å². The van der Waals surface area contributed by atoms with Crippen LogP contribution in [0.1, 0.15) is 39.0 Å². The van der Waals surface area contributed by atoms with Gasteiger partial charge in [0.05, 0.1) is 17.0 Å². The molecule has 2 aromatic rings. The molecule has 0 amide bonds. The molecule has 0 radical (unpaired) electrons. The smallest absolute Gasteiger partial charge is 0.399 e. The molecule has 0 unspecified atom stereocenters. The van der Waals surface area contributed by atoms with Crippen molar-refractivity contribution in [3.63, 3.8) is 0 Å². The predicted octanol–water partition coefficient (Wildman–Crippen LogP) is 2.94.